The molecule has 0 spiro atoms. The largest absolute Gasteiger partial charge is 0.393 e. The van der Waals surface area contributed by atoms with Crippen molar-refractivity contribution in [2.75, 3.05) is 99.4 Å². The van der Waals surface area contributed by atoms with E-state index in [9.17, 15) is 20.4 Å². The number of aliphatic hydroxyl groups excluding tert-OH is 4. The van der Waals surface area contributed by atoms with Gasteiger partial charge in [0.05, 0.1) is 90.5 Å². The van der Waals surface area contributed by atoms with Gasteiger partial charge < -0.3 is 53.7 Å². The molecule has 0 aliphatic carbocycles. The third kappa shape index (κ3) is 75.3. The van der Waals surface area contributed by atoms with Gasteiger partial charge in [0.15, 0.2) is 0 Å². The Hall–Kier alpha value is -1.48. The van der Waals surface area contributed by atoms with Crippen LogP contribution in [0.5, 0.6) is 0 Å². The normalized spacial score (nSPS) is 14.2. The first-order valence-electron chi connectivity index (χ1n) is 44.5. The molecule has 11 heteroatoms. The van der Waals surface area contributed by atoms with Crippen molar-refractivity contribution in [1.29, 1.82) is 0 Å². The van der Waals surface area contributed by atoms with Gasteiger partial charge in [0.2, 0.25) is 0 Å². The summed E-state index contributed by atoms with van der Waals surface area (Å²) in [6.45, 7) is 26.8. The minimum Gasteiger partial charge on any atom is -0.393 e. The number of ether oxygens (including phenoxy) is 6. The molecule has 0 bridgehead atoms. The molecule has 0 heterocycles. The smallest absolute Gasteiger partial charge is 0.0701 e. The SMILES string of the molecule is C=C(CC/C=C/C(COCCOCCOCC/C(=C/CC(O)CCCCCCCCCCCC)CC(O)CCCCCCCCCCCC)C(C)COCCOCCOCCCC/C(=C/CC(O)CCCCCCCCCCCC)CC(O)CCCCCCCCCCCC)CCN(C)CCC. The zero-order valence-electron chi connectivity index (χ0n) is 69.2. The van der Waals surface area contributed by atoms with Gasteiger partial charge in [-0.25, -0.2) is 0 Å². The highest BCUT2D eigenvalue weighted by molar-refractivity contribution is 5.06. The van der Waals surface area contributed by atoms with Crippen molar-refractivity contribution in [3.8, 4) is 0 Å². The van der Waals surface area contributed by atoms with E-state index in [1.807, 2.05) is 0 Å². The molecule has 0 fully saturated rings. The quantitative estimate of drug-likeness (QED) is 0.0342. The zero-order chi connectivity index (χ0) is 74.3. The lowest BCUT2D eigenvalue weighted by atomic mass is 9.94. The second kappa shape index (κ2) is 82.0. The maximum absolute atomic E-state index is 11.1. The van der Waals surface area contributed by atoms with Crippen LogP contribution < -0.4 is 0 Å². The van der Waals surface area contributed by atoms with Gasteiger partial charge in [0.25, 0.3) is 0 Å². The number of rotatable bonds is 86. The maximum atomic E-state index is 11.1. The molecule has 0 saturated carbocycles. The van der Waals surface area contributed by atoms with Crippen LogP contribution in [0.4, 0.5) is 0 Å². The molecule has 0 aromatic carbocycles. The second-order valence-corrected chi connectivity index (χ2v) is 31.3. The van der Waals surface area contributed by atoms with Crippen LogP contribution in [0.15, 0.2) is 47.6 Å². The van der Waals surface area contributed by atoms with Crippen LogP contribution in [0.3, 0.4) is 0 Å². The van der Waals surface area contributed by atoms with Crippen molar-refractivity contribution in [3.05, 3.63) is 47.6 Å². The Morgan fingerprint density at radius 2 is 0.667 bits per heavy atom. The minimum absolute atomic E-state index is 0.194. The van der Waals surface area contributed by atoms with Gasteiger partial charge in [-0.1, -0.05) is 346 Å². The molecule has 11 nitrogen and oxygen atoms in total. The van der Waals surface area contributed by atoms with Gasteiger partial charge >= 0.3 is 0 Å². The molecule has 0 aliphatic rings. The second-order valence-electron chi connectivity index (χ2n) is 31.3. The predicted octanol–water partition coefficient (Wildman–Crippen LogP) is 24.6. The van der Waals surface area contributed by atoms with E-state index in [-0.39, 0.29) is 36.3 Å². The summed E-state index contributed by atoms with van der Waals surface area (Å²) in [5, 5.41) is 44.2. The Morgan fingerprint density at radius 1 is 0.333 bits per heavy atom. The summed E-state index contributed by atoms with van der Waals surface area (Å²) >= 11 is 0. The van der Waals surface area contributed by atoms with E-state index in [0.29, 0.717) is 105 Å². The number of nitrogens with zero attached hydrogens (tertiary/aromatic N) is 1. The van der Waals surface area contributed by atoms with Crippen molar-refractivity contribution in [3.63, 3.8) is 0 Å². The lowest BCUT2D eigenvalue weighted by Gasteiger charge is -2.21. The number of unbranched alkanes of at least 4 members (excludes halogenated alkanes) is 37. The minimum atomic E-state index is -0.355. The molecule has 606 valence electrons. The van der Waals surface area contributed by atoms with Crippen LogP contribution in [0.25, 0.3) is 0 Å². The summed E-state index contributed by atoms with van der Waals surface area (Å²) in [7, 11) is 2.20. The molecule has 0 aromatic rings. The molecule has 6 unspecified atom stereocenters. The highest BCUT2D eigenvalue weighted by Gasteiger charge is 2.17. The standard InChI is InChI=1S/C91H177NO10/c1-9-14-18-22-26-30-34-38-42-46-57-88(93)63-61-85(79-90(95)59-48-44-40-36-32-28-24-20-16-11-3)55-52-53-69-97-71-73-99-75-77-101-81-84(7)87(56-51-50-54-83(6)65-68-92(8)67-13-5)82-102-78-76-100-74-72-98-70-66-86(80-91(96)60-49-45-41-37-33-29-25-21-17-12-4)62-64-89(94)58-47-43-39-35-31-27-23-19-15-10-2/h51,56,61-62,84,87-91,93-96H,6,9-50,52-55,57-60,63-82H2,1-5,7-8H3/b56-51+,85-61-,86-62-. The Morgan fingerprint density at radius 3 is 1.06 bits per heavy atom. The first-order chi connectivity index (χ1) is 50.0. The van der Waals surface area contributed by atoms with Gasteiger partial charge in [0.1, 0.15) is 0 Å². The fourth-order valence-electron chi connectivity index (χ4n) is 13.9. The Kier molecular flexibility index (Phi) is 80.8. The molecule has 0 rings (SSSR count). The molecule has 102 heavy (non-hydrogen) atoms. The van der Waals surface area contributed by atoms with Crippen molar-refractivity contribution < 1.29 is 48.8 Å². The van der Waals surface area contributed by atoms with Crippen molar-refractivity contribution in [2.24, 2.45) is 11.8 Å². The molecule has 0 amide bonds. The number of hydrogen-bond donors (Lipinski definition) is 4. The lowest BCUT2D eigenvalue weighted by molar-refractivity contribution is -0.00869. The molecule has 6 atom stereocenters. The maximum Gasteiger partial charge on any atom is 0.0701 e. The lowest BCUT2D eigenvalue weighted by Crippen LogP contribution is -2.23. The third-order valence-corrected chi connectivity index (χ3v) is 20.9. The molecule has 0 saturated heterocycles. The van der Waals surface area contributed by atoms with Crippen LogP contribution in [-0.4, -0.2) is 149 Å². The fourth-order valence-corrected chi connectivity index (χ4v) is 13.9. The van der Waals surface area contributed by atoms with Gasteiger partial charge in [-0.05, 0) is 122 Å². The molecular formula is C91H177NO10. The topological polar surface area (TPSA) is 140 Å². The van der Waals surface area contributed by atoms with E-state index in [1.165, 1.54) is 254 Å². The van der Waals surface area contributed by atoms with Crippen LogP contribution >= 0.6 is 0 Å². The summed E-state index contributed by atoms with van der Waals surface area (Å²) in [4.78, 5) is 2.39. The van der Waals surface area contributed by atoms with Crippen LogP contribution in [-0.2, 0) is 28.4 Å². The van der Waals surface area contributed by atoms with E-state index in [1.54, 1.807) is 0 Å². The van der Waals surface area contributed by atoms with Crippen molar-refractivity contribution in [2.45, 2.75) is 426 Å². The highest BCUT2D eigenvalue weighted by Crippen LogP contribution is 2.24. The average Bonchev–Trinajstić information content (AvgIpc) is 1.10. The Bertz CT molecular complexity index is 1760. The summed E-state index contributed by atoms with van der Waals surface area (Å²) in [5.74, 6) is 0.444. The van der Waals surface area contributed by atoms with Gasteiger partial charge in [0, 0.05) is 25.7 Å². The van der Waals surface area contributed by atoms with E-state index in [2.05, 4.69) is 84.4 Å². The molecule has 0 aromatic heterocycles. The Balaban J connectivity index is 5.07. The molecule has 0 radical (unpaired) electrons. The molecule has 0 aliphatic heterocycles. The first kappa shape index (κ1) is 101. The van der Waals surface area contributed by atoms with E-state index in [4.69, 9.17) is 28.4 Å². The van der Waals surface area contributed by atoms with E-state index < -0.39 is 0 Å². The van der Waals surface area contributed by atoms with Crippen molar-refractivity contribution in [1.82, 2.24) is 4.90 Å². The van der Waals surface area contributed by atoms with Crippen molar-refractivity contribution >= 4 is 0 Å². The average molecular weight is 1450 g/mol. The van der Waals surface area contributed by atoms with E-state index in [0.717, 1.165) is 109 Å². The van der Waals surface area contributed by atoms with Gasteiger partial charge in [-0.2, -0.15) is 0 Å². The number of hydrogen-bond acceptors (Lipinski definition) is 11. The predicted molar refractivity (Wildman–Crippen MR) is 440 cm³/mol. The Labute approximate surface area is 634 Å². The van der Waals surface area contributed by atoms with Crippen LogP contribution in [0, 0.1) is 11.8 Å². The van der Waals surface area contributed by atoms with Crippen LogP contribution in [0.2, 0.25) is 0 Å². The third-order valence-electron chi connectivity index (χ3n) is 20.9. The first-order valence-corrected chi connectivity index (χ1v) is 44.5. The molecular weight excluding hydrogens is 1270 g/mol. The summed E-state index contributed by atoms with van der Waals surface area (Å²) < 4.78 is 36.5. The fraction of sp³-hybridized carbons (Fsp3) is 0.912. The van der Waals surface area contributed by atoms with Gasteiger partial charge in [-0.3, -0.25) is 0 Å². The zero-order valence-corrected chi connectivity index (χ0v) is 69.2. The number of aliphatic hydroxyl groups is 4. The highest BCUT2D eigenvalue weighted by atomic mass is 16.5. The molecule has 4 N–H and O–H groups in total. The summed E-state index contributed by atoms with van der Waals surface area (Å²) in [5.41, 5.74) is 3.80. The number of allylic oxidation sites excluding steroid dienone is 1. The van der Waals surface area contributed by atoms with Crippen LogP contribution in [0.1, 0.15) is 401 Å². The summed E-state index contributed by atoms with van der Waals surface area (Å²) in [6, 6.07) is 0. The summed E-state index contributed by atoms with van der Waals surface area (Å²) in [6.07, 6.45) is 73.7. The monoisotopic (exact) mass is 1440 g/mol. The van der Waals surface area contributed by atoms with Gasteiger partial charge in [-0.15, -0.1) is 0 Å². The van der Waals surface area contributed by atoms with E-state index >= 15 is 0 Å².